The van der Waals surface area contributed by atoms with Crippen LogP contribution in [0.2, 0.25) is 0 Å². The summed E-state index contributed by atoms with van der Waals surface area (Å²) in [7, 11) is 0. The Kier molecular flexibility index (Phi) is 7.20. The molecule has 1 amide bonds. The molecule has 1 rings (SSSR count). The summed E-state index contributed by atoms with van der Waals surface area (Å²) in [4.78, 5) is 22.7. The third-order valence-corrected chi connectivity index (χ3v) is 4.78. The number of carboxylic acids is 1. The Hall–Kier alpha value is -1.06. The van der Waals surface area contributed by atoms with Gasteiger partial charge in [0.05, 0.1) is 6.42 Å². The minimum Gasteiger partial charge on any atom is -0.481 e. The minimum absolute atomic E-state index is 0.000350. The maximum Gasteiger partial charge on any atom is 0.305 e. The maximum absolute atomic E-state index is 12.2. The van der Waals surface area contributed by atoms with Gasteiger partial charge in [0.2, 0.25) is 5.91 Å². The van der Waals surface area contributed by atoms with Crippen molar-refractivity contribution < 1.29 is 14.7 Å². The van der Waals surface area contributed by atoms with Crippen LogP contribution in [0, 0.1) is 17.3 Å². The molecule has 2 N–H and O–H groups in total. The highest BCUT2D eigenvalue weighted by atomic mass is 16.4. The number of nitrogens with one attached hydrogen (secondary N) is 1. The molecule has 1 aliphatic rings. The Labute approximate surface area is 128 Å². The van der Waals surface area contributed by atoms with Gasteiger partial charge >= 0.3 is 5.97 Å². The van der Waals surface area contributed by atoms with Crippen molar-refractivity contribution in [3.8, 4) is 0 Å². The van der Waals surface area contributed by atoms with Crippen molar-refractivity contribution in [2.45, 2.75) is 72.1 Å². The second kappa shape index (κ2) is 8.40. The average molecular weight is 297 g/mol. The van der Waals surface area contributed by atoms with E-state index in [0.29, 0.717) is 0 Å². The van der Waals surface area contributed by atoms with E-state index in [1.807, 2.05) is 6.92 Å². The van der Waals surface area contributed by atoms with Gasteiger partial charge in [0.1, 0.15) is 0 Å². The zero-order chi connectivity index (χ0) is 15.9. The lowest BCUT2D eigenvalue weighted by Crippen LogP contribution is -2.42. The Morgan fingerprint density at radius 2 is 1.90 bits per heavy atom. The molecule has 122 valence electrons. The summed E-state index contributed by atoms with van der Waals surface area (Å²) < 4.78 is 0. The quantitative estimate of drug-likeness (QED) is 0.719. The van der Waals surface area contributed by atoms with Crippen LogP contribution in [0.15, 0.2) is 0 Å². The first-order valence-corrected chi connectivity index (χ1v) is 8.33. The van der Waals surface area contributed by atoms with Crippen LogP contribution >= 0.6 is 0 Å². The van der Waals surface area contributed by atoms with Gasteiger partial charge in [0.15, 0.2) is 0 Å². The predicted octanol–water partition coefficient (Wildman–Crippen LogP) is 3.60. The predicted molar refractivity (Wildman–Crippen MR) is 84.0 cm³/mol. The molecule has 0 aromatic carbocycles. The van der Waals surface area contributed by atoms with Gasteiger partial charge in [-0.15, -0.1) is 0 Å². The molecule has 1 aliphatic carbocycles. The number of hydrogen-bond donors (Lipinski definition) is 2. The molecule has 0 heterocycles. The molecule has 0 saturated heterocycles. The van der Waals surface area contributed by atoms with E-state index in [4.69, 9.17) is 5.11 Å². The summed E-state index contributed by atoms with van der Waals surface area (Å²) in [5.74, 6) is 0.709. The van der Waals surface area contributed by atoms with Crippen molar-refractivity contribution in [1.82, 2.24) is 5.32 Å². The van der Waals surface area contributed by atoms with Crippen molar-refractivity contribution in [3.63, 3.8) is 0 Å². The van der Waals surface area contributed by atoms with Crippen LogP contribution in [-0.4, -0.2) is 23.5 Å². The monoisotopic (exact) mass is 297 g/mol. The Morgan fingerprint density at radius 1 is 1.29 bits per heavy atom. The second-order valence-corrected chi connectivity index (χ2v) is 7.23. The van der Waals surface area contributed by atoms with Crippen molar-refractivity contribution in [3.05, 3.63) is 0 Å². The zero-order valence-electron chi connectivity index (χ0n) is 13.8. The first kappa shape index (κ1) is 18.0. The van der Waals surface area contributed by atoms with Crippen LogP contribution in [0.4, 0.5) is 0 Å². The Balaban J connectivity index is 2.28. The number of aliphatic carboxylic acids is 1. The standard InChI is InChI=1S/C17H31NO3/c1-13(2)5-4-6-14-7-10-17(3,11-8-14)16(21)18-12-9-15(19)20/h13-14H,4-12H2,1-3H3,(H,18,21)(H,19,20)/t14-,17-. The van der Waals surface area contributed by atoms with Crippen LogP contribution in [0.1, 0.15) is 72.1 Å². The van der Waals surface area contributed by atoms with Gasteiger partial charge in [-0.1, -0.05) is 40.0 Å². The normalized spacial score (nSPS) is 25.8. The number of carboxylic acid groups (broad SMARTS) is 1. The molecule has 0 bridgehead atoms. The van der Waals surface area contributed by atoms with Gasteiger partial charge in [0.25, 0.3) is 0 Å². The van der Waals surface area contributed by atoms with Crippen molar-refractivity contribution in [1.29, 1.82) is 0 Å². The van der Waals surface area contributed by atoms with Gasteiger partial charge in [-0.25, -0.2) is 0 Å². The largest absolute Gasteiger partial charge is 0.481 e. The first-order valence-electron chi connectivity index (χ1n) is 8.33. The SMILES string of the molecule is CC(C)CCC[C@H]1CC[C@](C)(C(=O)NCCC(=O)O)CC1. The topological polar surface area (TPSA) is 66.4 Å². The highest BCUT2D eigenvalue weighted by Crippen LogP contribution is 2.40. The lowest BCUT2D eigenvalue weighted by molar-refractivity contribution is -0.137. The van der Waals surface area contributed by atoms with E-state index in [9.17, 15) is 9.59 Å². The number of amides is 1. The molecule has 1 fully saturated rings. The second-order valence-electron chi connectivity index (χ2n) is 7.23. The van der Waals surface area contributed by atoms with Gasteiger partial charge in [-0.05, 0) is 37.5 Å². The van der Waals surface area contributed by atoms with E-state index in [2.05, 4.69) is 19.2 Å². The summed E-state index contributed by atoms with van der Waals surface area (Å²) in [6.07, 6.45) is 7.99. The smallest absolute Gasteiger partial charge is 0.305 e. The van der Waals surface area contributed by atoms with E-state index in [1.165, 1.54) is 19.3 Å². The molecule has 0 aromatic heterocycles. The van der Waals surface area contributed by atoms with Crippen LogP contribution in [0.5, 0.6) is 0 Å². The maximum atomic E-state index is 12.2. The van der Waals surface area contributed by atoms with E-state index in [0.717, 1.165) is 37.5 Å². The van der Waals surface area contributed by atoms with Crippen LogP contribution in [-0.2, 0) is 9.59 Å². The summed E-state index contributed by atoms with van der Waals surface area (Å²) >= 11 is 0. The number of hydrogen-bond acceptors (Lipinski definition) is 2. The molecule has 0 aliphatic heterocycles. The summed E-state index contributed by atoms with van der Waals surface area (Å²) in [6, 6.07) is 0. The molecule has 0 spiro atoms. The molecular formula is C17H31NO3. The van der Waals surface area contributed by atoms with Crippen LogP contribution < -0.4 is 5.32 Å². The van der Waals surface area contributed by atoms with Crippen LogP contribution in [0.3, 0.4) is 0 Å². The van der Waals surface area contributed by atoms with Crippen molar-refractivity contribution >= 4 is 11.9 Å². The fourth-order valence-corrected chi connectivity index (χ4v) is 3.14. The Morgan fingerprint density at radius 3 is 2.43 bits per heavy atom. The van der Waals surface area contributed by atoms with Crippen LogP contribution in [0.25, 0.3) is 0 Å². The van der Waals surface area contributed by atoms with E-state index in [-0.39, 0.29) is 24.3 Å². The molecule has 21 heavy (non-hydrogen) atoms. The number of carbonyl (C=O) groups is 2. The molecule has 0 radical (unpaired) electrons. The fraction of sp³-hybridized carbons (Fsp3) is 0.882. The molecule has 4 heteroatoms. The number of carbonyl (C=O) groups excluding carboxylic acids is 1. The van der Waals surface area contributed by atoms with E-state index >= 15 is 0 Å². The molecular weight excluding hydrogens is 266 g/mol. The Bertz CT molecular complexity index is 344. The first-order chi connectivity index (χ1) is 9.83. The van der Waals surface area contributed by atoms with Gasteiger partial charge in [-0.3, -0.25) is 9.59 Å². The third kappa shape index (κ3) is 6.49. The lowest BCUT2D eigenvalue weighted by Gasteiger charge is -2.36. The van der Waals surface area contributed by atoms with Crippen molar-refractivity contribution in [2.75, 3.05) is 6.54 Å². The van der Waals surface area contributed by atoms with E-state index < -0.39 is 5.97 Å². The van der Waals surface area contributed by atoms with Crippen molar-refractivity contribution in [2.24, 2.45) is 17.3 Å². The summed E-state index contributed by atoms with van der Waals surface area (Å²) in [5.41, 5.74) is -0.299. The summed E-state index contributed by atoms with van der Waals surface area (Å²) in [5, 5.41) is 11.4. The van der Waals surface area contributed by atoms with Gasteiger partial charge in [0, 0.05) is 12.0 Å². The third-order valence-electron chi connectivity index (χ3n) is 4.78. The molecule has 0 atom stereocenters. The molecule has 0 unspecified atom stereocenters. The summed E-state index contributed by atoms with van der Waals surface area (Å²) in [6.45, 7) is 6.79. The highest BCUT2D eigenvalue weighted by Gasteiger charge is 2.37. The lowest BCUT2D eigenvalue weighted by atomic mass is 9.70. The fourth-order valence-electron chi connectivity index (χ4n) is 3.14. The highest BCUT2D eigenvalue weighted by molar-refractivity contribution is 5.82. The van der Waals surface area contributed by atoms with E-state index in [1.54, 1.807) is 0 Å². The molecule has 0 aromatic rings. The van der Waals surface area contributed by atoms with Gasteiger partial charge in [-0.2, -0.15) is 0 Å². The van der Waals surface area contributed by atoms with Gasteiger partial charge < -0.3 is 10.4 Å². The molecule has 4 nitrogen and oxygen atoms in total. The average Bonchev–Trinajstić information content (AvgIpc) is 2.40. The number of rotatable bonds is 8. The zero-order valence-corrected chi connectivity index (χ0v) is 13.8. The minimum atomic E-state index is -0.866. The molecule has 1 saturated carbocycles.